The maximum absolute atomic E-state index is 4.35. The van der Waals surface area contributed by atoms with Crippen molar-refractivity contribution < 1.29 is 0 Å². The van der Waals surface area contributed by atoms with Gasteiger partial charge in [0.25, 0.3) is 0 Å². The van der Waals surface area contributed by atoms with Gasteiger partial charge in [0, 0.05) is 36.0 Å². The second-order valence-electron chi connectivity index (χ2n) is 5.39. The number of aromatic nitrogens is 1. The van der Waals surface area contributed by atoms with Crippen LogP contribution in [0, 0.1) is 0 Å². The summed E-state index contributed by atoms with van der Waals surface area (Å²) in [6.45, 7) is 1.88. The number of hydrogen-bond acceptors (Lipinski definition) is 3. The topological polar surface area (TPSA) is 37.0 Å². The second-order valence-corrected chi connectivity index (χ2v) is 5.39. The van der Waals surface area contributed by atoms with Gasteiger partial charge in [0.1, 0.15) is 0 Å². The van der Waals surface area contributed by atoms with E-state index in [1.165, 1.54) is 22.2 Å². The third kappa shape index (κ3) is 2.31. The molecule has 21 heavy (non-hydrogen) atoms. The lowest BCUT2D eigenvalue weighted by Gasteiger charge is -2.11. The monoisotopic (exact) mass is 275 g/mol. The summed E-state index contributed by atoms with van der Waals surface area (Å²) >= 11 is 0. The van der Waals surface area contributed by atoms with Crippen LogP contribution in [0.5, 0.6) is 0 Å². The SMILES string of the molecule is c1cc2c(c(CNc3ccc4ncccc4c3)c1)NCC2. The molecule has 0 amide bonds. The smallest absolute Gasteiger partial charge is 0.0703 e. The fourth-order valence-electron chi connectivity index (χ4n) is 2.94. The standard InChI is InChI=1S/C18H17N3/c1-3-13-8-10-20-18(13)15(4-1)12-21-16-6-7-17-14(11-16)5-2-9-19-17/h1-7,9,11,20-21H,8,10,12H2. The Balaban J connectivity index is 1.57. The molecule has 3 heteroatoms. The Labute approximate surface area is 124 Å². The molecule has 4 rings (SSSR count). The molecule has 0 bridgehead atoms. The summed E-state index contributed by atoms with van der Waals surface area (Å²) < 4.78 is 0. The van der Waals surface area contributed by atoms with Crippen LogP contribution in [-0.2, 0) is 13.0 Å². The molecule has 0 radical (unpaired) electrons. The van der Waals surface area contributed by atoms with Crippen molar-refractivity contribution in [2.45, 2.75) is 13.0 Å². The molecule has 1 aromatic heterocycles. The molecule has 0 unspecified atom stereocenters. The van der Waals surface area contributed by atoms with Crippen LogP contribution in [0.1, 0.15) is 11.1 Å². The van der Waals surface area contributed by atoms with E-state index in [9.17, 15) is 0 Å². The zero-order valence-electron chi connectivity index (χ0n) is 11.8. The van der Waals surface area contributed by atoms with Crippen LogP contribution in [0.4, 0.5) is 11.4 Å². The number of rotatable bonds is 3. The number of nitrogens with one attached hydrogen (secondary N) is 2. The van der Waals surface area contributed by atoms with E-state index in [0.717, 1.165) is 30.7 Å². The van der Waals surface area contributed by atoms with Crippen molar-refractivity contribution in [1.29, 1.82) is 0 Å². The van der Waals surface area contributed by atoms with Gasteiger partial charge >= 0.3 is 0 Å². The van der Waals surface area contributed by atoms with Crippen LogP contribution in [0.25, 0.3) is 10.9 Å². The zero-order chi connectivity index (χ0) is 14.1. The Morgan fingerprint density at radius 3 is 3.10 bits per heavy atom. The molecule has 0 saturated heterocycles. The molecule has 104 valence electrons. The van der Waals surface area contributed by atoms with Crippen molar-refractivity contribution in [2.75, 3.05) is 17.2 Å². The summed E-state index contributed by atoms with van der Waals surface area (Å²) in [7, 11) is 0. The molecule has 3 aromatic rings. The lowest BCUT2D eigenvalue weighted by atomic mass is 10.1. The minimum Gasteiger partial charge on any atom is -0.384 e. The van der Waals surface area contributed by atoms with Crippen molar-refractivity contribution in [2.24, 2.45) is 0 Å². The Kier molecular flexibility index (Phi) is 2.96. The van der Waals surface area contributed by atoms with Crippen LogP contribution in [-0.4, -0.2) is 11.5 Å². The number of nitrogens with zero attached hydrogens (tertiary/aromatic N) is 1. The molecule has 0 saturated carbocycles. The van der Waals surface area contributed by atoms with E-state index in [0.29, 0.717) is 0 Å². The quantitative estimate of drug-likeness (QED) is 0.763. The van der Waals surface area contributed by atoms with Crippen LogP contribution in [0.15, 0.2) is 54.7 Å². The van der Waals surface area contributed by atoms with E-state index in [2.05, 4.69) is 58.1 Å². The van der Waals surface area contributed by atoms with Gasteiger partial charge in [0.05, 0.1) is 5.52 Å². The maximum atomic E-state index is 4.35. The molecule has 0 aliphatic carbocycles. The second kappa shape index (κ2) is 5.09. The molecular weight excluding hydrogens is 258 g/mol. The minimum absolute atomic E-state index is 0.835. The molecule has 0 fully saturated rings. The zero-order valence-corrected chi connectivity index (χ0v) is 11.8. The molecule has 2 aromatic carbocycles. The molecule has 2 heterocycles. The van der Waals surface area contributed by atoms with Gasteiger partial charge in [-0.15, -0.1) is 0 Å². The first-order chi connectivity index (χ1) is 10.4. The third-order valence-corrected chi connectivity index (χ3v) is 4.02. The first-order valence-corrected chi connectivity index (χ1v) is 7.33. The fraction of sp³-hybridized carbons (Fsp3) is 0.167. The number of benzene rings is 2. The molecule has 3 nitrogen and oxygen atoms in total. The Bertz CT molecular complexity index is 795. The van der Waals surface area contributed by atoms with Crippen LogP contribution >= 0.6 is 0 Å². The Morgan fingerprint density at radius 1 is 1.10 bits per heavy atom. The van der Waals surface area contributed by atoms with Gasteiger partial charge in [-0.3, -0.25) is 4.98 Å². The summed E-state index contributed by atoms with van der Waals surface area (Å²) in [5.41, 5.74) is 6.23. The van der Waals surface area contributed by atoms with E-state index in [1.54, 1.807) is 0 Å². The van der Waals surface area contributed by atoms with Gasteiger partial charge in [-0.05, 0) is 41.8 Å². The summed E-state index contributed by atoms with van der Waals surface area (Å²) in [5.74, 6) is 0. The summed E-state index contributed by atoms with van der Waals surface area (Å²) in [6, 6.07) is 16.9. The number of para-hydroxylation sites is 1. The molecule has 1 aliphatic rings. The number of hydrogen-bond donors (Lipinski definition) is 2. The molecule has 0 atom stereocenters. The normalized spacial score (nSPS) is 13.0. The largest absolute Gasteiger partial charge is 0.384 e. The third-order valence-electron chi connectivity index (χ3n) is 4.02. The predicted molar refractivity (Wildman–Crippen MR) is 87.7 cm³/mol. The van der Waals surface area contributed by atoms with E-state index in [1.807, 2.05) is 12.3 Å². The number of anilines is 2. The fourth-order valence-corrected chi connectivity index (χ4v) is 2.94. The predicted octanol–water partition coefficient (Wildman–Crippen LogP) is 3.81. The van der Waals surface area contributed by atoms with E-state index >= 15 is 0 Å². The van der Waals surface area contributed by atoms with Crippen LogP contribution < -0.4 is 10.6 Å². The first-order valence-electron chi connectivity index (χ1n) is 7.33. The maximum Gasteiger partial charge on any atom is 0.0703 e. The highest BCUT2D eigenvalue weighted by Crippen LogP contribution is 2.27. The number of fused-ring (bicyclic) bond motifs is 2. The molecule has 1 aliphatic heterocycles. The van der Waals surface area contributed by atoms with Gasteiger partial charge in [0.15, 0.2) is 0 Å². The highest BCUT2D eigenvalue weighted by atomic mass is 14.9. The van der Waals surface area contributed by atoms with Gasteiger partial charge in [-0.1, -0.05) is 24.3 Å². The van der Waals surface area contributed by atoms with Crippen molar-refractivity contribution in [3.63, 3.8) is 0 Å². The van der Waals surface area contributed by atoms with Crippen LogP contribution in [0.3, 0.4) is 0 Å². The average Bonchev–Trinajstić information content (AvgIpc) is 3.02. The summed E-state index contributed by atoms with van der Waals surface area (Å²) in [4.78, 5) is 4.35. The van der Waals surface area contributed by atoms with Gasteiger partial charge in [-0.25, -0.2) is 0 Å². The van der Waals surface area contributed by atoms with Gasteiger partial charge in [0.2, 0.25) is 0 Å². The van der Waals surface area contributed by atoms with Crippen molar-refractivity contribution in [3.05, 3.63) is 65.9 Å². The van der Waals surface area contributed by atoms with Crippen molar-refractivity contribution >= 4 is 22.3 Å². The minimum atomic E-state index is 0.835. The van der Waals surface area contributed by atoms with E-state index < -0.39 is 0 Å². The van der Waals surface area contributed by atoms with E-state index in [4.69, 9.17) is 0 Å². The van der Waals surface area contributed by atoms with Crippen molar-refractivity contribution in [3.8, 4) is 0 Å². The lowest BCUT2D eigenvalue weighted by molar-refractivity contribution is 1.11. The molecular formula is C18H17N3. The molecule has 2 N–H and O–H groups in total. The van der Waals surface area contributed by atoms with Gasteiger partial charge in [-0.2, -0.15) is 0 Å². The lowest BCUT2D eigenvalue weighted by Crippen LogP contribution is -2.03. The summed E-state index contributed by atoms with van der Waals surface area (Å²) in [6.07, 6.45) is 2.96. The van der Waals surface area contributed by atoms with Gasteiger partial charge < -0.3 is 10.6 Å². The number of pyridine rings is 1. The highest BCUT2D eigenvalue weighted by Gasteiger charge is 2.13. The van der Waals surface area contributed by atoms with E-state index in [-0.39, 0.29) is 0 Å². The molecule has 0 spiro atoms. The average molecular weight is 275 g/mol. The van der Waals surface area contributed by atoms with Crippen LogP contribution in [0.2, 0.25) is 0 Å². The van der Waals surface area contributed by atoms with Crippen molar-refractivity contribution in [1.82, 2.24) is 4.98 Å². The Hall–Kier alpha value is -2.55. The summed E-state index contributed by atoms with van der Waals surface area (Å²) in [5, 5.41) is 8.17. The first kappa shape index (κ1) is 12.2. The Morgan fingerprint density at radius 2 is 2.10 bits per heavy atom. The highest BCUT2D eigenvalue weighted by molar-refractivity contribution is 5.82.